The van der Waals surface area contributed by atoms with Crippen molar-refractivity contribution >= 4 is 17.6 Å². The van der Waals surface area contributed by atoms with E-state index >= 15 is 0 Å². The van der Waals surface area contributed by atoms with Gasteiger partial charge in [-0.15, -0.1) is 0 Å². The van der Waals surface area contributed by atoms with Gasteiger partial charge in [-0.2, -0.15) is 0 Å². The summed E-state index contributed by atoms with van der Waals surface area (Å²) in [5.74, 6) is -2.18. The molecule has 1 aromatic heterocycles. The summed E-state index contributed by atoms with van der Waals surface area (Å²) in [6, 6.07) is 7.11. The monoisotopic (exact) mass is 256 g/mol. The number of carbonyl (C=O) groups excluding carboxylic acids is 2. The van der Waals surface area contributed by atoms with E-state index in [1.807, 2.05) is 13.0 Å². The van der Waals surface area contributed by atoms with Crippen LogP contribution in [0.5, 0.6) is 0 Å². The molecular weight excluding hydrogens is 246 g/mol. The third-order valence-corrected chi connectivity index (χ3v) is 2.38. The van der Waals surface area contributed by atoms with Gasteiger partial charge in [0.05, 0.1) is 5.97 Å². The minimum Gasteiger partial charge on any atom is -0.543 e. The fourth-order valence-electron chi connectivity index (χ4n) is 1.57. The minimum absolute atomic E-state index is 0.274. The van der Waals surface area contributed by atoms with Gasteiger partial charge in [0, 0.05) is 18.1 Å². The molecule has 2 rings (SSSR count). The van der Waals surface area contributed by atoms with E-state index in [0.29, 0.717) is 5.69 Å². The average molecular weight is 256 g/mol. The number of hydrogen-bond acceptors (Lipinski definition) is 5. The second-order valence-electron chi connectivity index (χ2n) is 3.86. The van der Waals surface area contributed by atoms with E-state index in [4.69, 9.17) is 0 Å². The Morgan fingerprint density at radius 1 is 1.16 bits per heavy atom. The highest BCUT2D eigenvalue weighted by molar-refractivity contribution is 6.08. The predicted octanol–water partition coefficient (Wildman–Crippen LogP) is 0.401. The first-order chi connectivity index (χ1) is 9.08. The van der Waals surface area contributed by atoms with Crippen LogP contribution in [0.4, 0.5) is 5.69 Å². The smallest absolute Gasteiger partial charge is 0.276 e. The molecule has 1 heterocycles. The molecule has 0 saturated heterocycles. The molecule has 19 heavy (non-hydrogen) atoms. The molecule has 0 spiro atoms. The number of anilines is 1. The highest BCUT2D eigenvalue weighted by Crippen LogP contribution is 2.11. The van der Waals surface area contributed by atoms with Crippen molar-refractivity contribution in [3.8, 4) is 0 Å². The second kappa shape index (κ2) is 5.26. The van der Waals surface area contributed by atoms with E-state index in [9.17, 15) is 14.7 Å². The highest BCUT2D eigenvalue weighted by Gasteiger charge is 2.14. The van der Waals surface area contributed by atoms with Crippen LogP contribution < -0.4 is 10.4 Å². The van der Waals surface area contributed by atoms with E-state index < -0.39 is 17.6 Å². The number of carbonyl (C=O) groups is 2. The molecule has 1 aromatic carbocycles. The molecule has 6 nitrogen and oxygen atoms in total. The normalized spacial score (nSPS) is 9.95. The number of amides is 1. The zero-order chi connectivity index (χ0) is 13.8. The molecule has 0 aliphatic heterocycles. The summed E-state index contributed by atoms with van der Waals surface area (Å²) >= 11 is 0. The molecule has 0 saturated carbocycles. The number of benzene rings is 1. The molecule has 6 heteroatoms. The number of aryl methyl sites for hydroxylation is 1. The van der Waals surface area contributed by atoms with E-state index in [1.165, 1.54) is 12.4 Å². The lowest BCUT2D eigenvalue weighted by molar-refractivity contribution is -0.255. The first-order valence-electron chi connectivity index (χ1n) is 5.48. The van der Waals surface area contributed by atoms with E-state index in [2.05, 4.69) is 15.3 Å². The second-order valence-corrected chi connectivity index (χ2v) is 3.86. The summed E-state index contributed by atoms with van der Waals surface area (Å²) in [6.07, 6.45) is 2.44. The lowest BCUT2D eigenvalue weighted by Crippen LogP contribution is -2.28. The average Bonchev–Trinajstić information content (AvgIpc) is 2.38. The first kappa shape index (κ1) is 12.7. The van der Waals surface area contributed by atoms with Crippen molar-refractivity contribution in [2.75, 3.05) is 5.32 Å². The lowest BCUT2D eigenvalue weighted by Gasteiger charge is -2.09. The molecule has 0 atom stereocenters. The van der Waals surface area contributed by atoms with Crippen LogP contribution in [0, 0.1) is 6.92 Å². The topological polar surface area (TPSA) is 95.0 Å². The predicted molar refractivity (Wildman–Crippen MR) is 65.5 cm³/mol. The SMILES string of the molecule is Cc1cccc(NC(=O)c2nccnc2C(=O)[O-])c1. The molecule has 1 N–H and O–H groups in total. The van der Waals surface area contributed by atoms with Crippen LogP contribution in [0.25, 0.3) is 0 Å². The van der Waals surface area contributed by atoms with E-state index in [-0.39, 0.29) is 5.69 Å². The third-order valence-electron chi connectivity index (χ3n) is 2.38. The summed E-state index contributed by atoms with van der Waals surface area (Å²) in [4.78, 5) is 30.1. The maximum Gasteiger partial charge on any atom is 0.276 e. The largest absolute Gasteiger partial charge is 0.543 e. The van der Waals surface area contributed by atoms with Crippen molar-refractivity contribution < 1.29 is 14.7 Å². The van der Waals surface area contributed by atoms with Crippen molar-refractivity contribution in [1.82, 2.24) is 9.97 Å². The molecule has 0 aliphatic rings. The van der Waals surface area contributed by atoms with Crippen molar-refractivity contribution in [3.05, 3.63) is 53.6 Å². The van der Waals surface area contributed by atoms with Gasteiger partial charge in [0.25, 0.3) is 5.91 Å². The van der Waals surface area contributed by atoms with Crippen LogP contribution >= 0.6 is 0 Å². The van der Waals surface area contributed by atoms with Gasteiger partial charge >= 0.3 is 0 Å². The summed E-state index contributed by atoms with van der Waals surface area (Å²) in [5, 5.41) is 13.4. The van der Waals surface area contributed by atoms with Gasteiger partial charge < -0.3 is 15.2 Å². The molecule has 0 bridgehead atoms. The van der Waals surface area contributed by atoms with E-state index in [0.717, 1.165) is 5.56 Å². The van der Waals surface area contributed by atoms with Gasteiger partial charge in [0.2, 0.25) is 0 Å². The number of nitrogens with one attached hydrogen (secondary N) is 1. The van der Waals surface area contributed by atoms with Crippen LogP contribution in [-0.2, 0) is 0 Å². The molecular formula is C13H10N3O3-. The number of aromatic nitrogens is 2. The Hall–Kier alpha value is -2.76. The first-order valence-corrected chi connectivity index (χ1v) is 5.48. The number of nitrogens with zero attached hydrogens (tertiary/aromatic N) is 2. The summed E-state index contributed by atoms with van der Waals surface area (Å²) in [7, 11) is 0. The fourth-order valence-corrected chi connectivity index (χ4v) is 1.57. The fraction of sp³-hybridized carbons (Fsp3) is 0.0769. The zero-order valence-corrected chi connectivity index (χ0v) is 10.1. The van der Waals surface area contributed by atoms with Gasteiger partial charge in [-0.25, -0.2) is 4.98 Å². The number of carboxylic acids is 1. The Kier molecular flexibility index (Phi) is 3.51. The number of hydrogen-bond donors (Lipinski definition) is 1. The summed E-state index contributed by atoms with van der Waals surface area (Å²) in [5.41, 5.74) is 0.772. The maximum absolute atomic E-state index is 11.9. The van der Waals surface area contributed by atoms with Crippen LogP contribution in [-0.4, -0.2) is 21.8 Å². The van der Waals surface area contributed by atoms with Crippen LogP contribution in [0.15, 0.2) is 36.7 Å². The third kappa shape index (κ3) is 2.92. The van der Waals surface area contributed by atoms with Crippen LogP contribution in [0.3, 0.4) is 0 Å². The zero-order valence-electron chi connectivity index (χ0n) is 10.1. The summed E-state index contributed by atoms with van der Waals surface area (Å²) < 4.78 is 0. The lowest BCUT2D eigenvalue weighted by atomic mass is 10.2. The Labute approximate surface area is 109 Å². The Bertz CT molecular complexity index is 641. The molecule has 0 unspecified atom stereocenters. The number of carboxylic acid groups (broad SMARTS) is 1. The van der Waals surface area contributed by atoms with Crippen LogP contribution in [0.1, 0.15) is 26.5 Å². The minimum atomic E-state index is -1.54. The van der Waals surface area contributed by atoms with Crippen LogP contribution in [0.2, 0.25) is 0 Å². The molecule has 0 aliphatic carbocycles. The van der Waals surface area contributed by atoms with Gasteiger partial charge in [-0.1, -0.05) is 12.1 Å². The van der Waals surface area contributed by atoms with E-state index in [1.54, 1.807) is 18.2 Å². The number of aromatic carboxylic acids is 1. The standard InChI is InChI=1S/C13H11N3O3/c1-8-3-2-4-9(7-8)16-12(17)10-11(13(18)19)15-6-5-14-10/h2-7H,1H3,(H,16,17)(H,18,19)/p-1. The van der Waals surface area contributed by atoms with Gasteiger partial charge in [-0.3, -0.25) is 9.78 Å². The number of rotatable bonds is 3. The molecule has 1 amide bonds. The Morgan fingerprint density at radius 2 is 1.84 bits per heavy atom. The van der Waals surface area contributed by atoms with Crippen molar-refractivity contribution in [2.45, 2.75) is 6.92 Å². The highest BCUT2D eigenvalue weighted by atomic mass is 16.4. The Balaban J connectivity index is 2.28. The Morgan fingerprint density at radius 3 is 2.47 bits per heavy atom. The van der Waals surface area contributed by atoms with Gasteiger partial charge in [-0.05, 0) is 24.6 Å². The van der Waals surface area contributed by atoms with Gasteiger partial charge in [0.1, 0.15) is 5.69 Å². The quantitative estimate of drug-likeness (QED) is 0.857. The molecule has 0 radical (unpaired) electrons. The van der Waals surface area contributed by atoms with Crippen molar-refractivity contribution in [2.24, 2.45) is 0 Å². The molecule has 0 fully saturated rings. The summed E-state index contributed by atoms with van der Waals surface area (Å²) in [6.45, 7) is 1.88. The molecule has 2 aromatic rings. The maximum atomic E-state index is 11.9. The van der Waals surface area contributed by atoms with Crippen molar-refractivity contribution in [3.63, 3.8) is 0 Å². The van der Waals surface area contributed by atoms with Crippen molar-refractivity contribution in [1.29, 1.82) is 0 Å². The van der Waals surface area contributed by atoms with Gasteiger partial charge in [0.15, 0.2) is 5.69 Å². The molecule has 96 valence electrons.